The SMILES string of the molecule is CC(C)c1nn(C)cc1CNCc1ccc(N2CCCC2=O)cc1. The van der Waals surface area contributed by atoms with Crippen LogP contribution in [0.15, 0.2) is 30.5 Å². The number of hydrogen-bond acceptors (Lipinski definition) is 3. The molecule has 2 heterocycles. The number of hydrogen-bond donors (Lipinski definition) is 1. The standard InChI is InChI=1S/C19H26N4O/c1-14(2)19-16(13-22(3)21-19)12-20-11-15-6-8-17(9-7-15)23-10-4-5-18(23)24/h6-9,13-14,20H,4-5,10-12H2,1-3H3. The number of benzene rings is 1. The van der Waals surface area contributed by atoms with Crippen LogP contribution < -0.4 is 10.2 Å². The molecule has 0 radical (unpaired) electrons. The van der Waals surface area contributed by atoms with E-state index in [1.807, 2.05) is 28.8 Å². The monoisotopic (exact) mass is 326 g/mol. The third kappa shape index (κ3) is 3.67. The summed E-state index contributed by atoms with van der Waals surface area (Å²) in [6.07, 6.45) is 3.72. The van der Waals surface area contributed by atoms with Crippen LogP contribution in [-0.4, -0.2) is 22.2 Å². The van der Waals surface area contributed by atoms with Crippen LogP contribution in [-0.2, 0) is 24.9 Å². The number of nitrogens with zero attached hydrogens (tertiary/aromatic N) is 3. The molecule has 1 aromatic carbocycles. The van der Waals surface area contributed by atoms with E-state index in [2.05, 4.69) is 42.6 Å². The van der Waals surface area contributed by atoms with Crippen LogP contribution in [0.5, 0.6) is 0 Å². The average molecular weight is 326 g/mol. The largest absolute Gasteiger partial charge is 0.312 e. The molecule has 1 aliphatic rings. The lowest BCUT2D eigenvalue weighted by Crippen LogP contribution is -2.23. The summed E-state index contributed by atoms with van der Waals surface area (Å²) in [7, 11) is 1.97. The number of rotatable bonds is 6. The Morgan fingerprint density at radius 1 is 1.21 bits per heavy atom. The number of nitrogens with one attached hydrogen (secondary N) is 1. The predicted molar refractivity (Wildman–Crippen MR) is 95.9 cm³/mol. The molecular weight excluding hydrogens is 300 g/mol. The van der Waals surface area contributed by atoms with E-state index in [0.29, 0.717) is 12.3 Å². The molecule has 0 atom stereocenters. The molecule has 1 aromatic heterocycles. The lowest BCUT2D eigenvalue weighted by molar-refractivity contribution is -0.117. The highest BCUT2D eigenvalue weighted by molar-refractivity contribution is 5.95. The molecule has 2 aromatic rings. The van der Waals surface area contributed by atoms with E-state index >= 15 is 0 Å². The maximum Gasteiger partial charge on any atom is 0.227 e. The summed E-state index contributed by atoms with van der Waals surface area (Å²) >= 11 is 0. The zero-order valence-corrected chi connectivity index (χ0v) is 14.7. The van der Waals surface area contributed by atoms with Crippen molar-refractivity contribution in [1.82, 2.24) is 15.1 Å². The van der Waals surface area contributed by atoms with E-state index < -0.39 is 0 Å². The van der Waals surface area contributed by atoms with Gasteiger partial charge in [0.2, 0.25) is 5.91 Å². The molecule has 0 aliphatic carbocycles. The van der Waals surface area contributed by atoms with Crippen LogP contribution >= 0.6 is 0 Å². The zero-order valence-electron chi connectivity index (χ0n) is 14.7. The van der Waals surface area contributed by atoms with Gasteiger partial charge in [-0.15, -0.1) is 0 Å². The number of aromatic nitrogens is 2. The van der Waals surface area contributed by atoms with E-state index in [1.54, 1.807) is 0 Å². The van der Waals surface area contributed by atoms with Crippen molar-refractivity contribution in [2.45, 2.75) is 45.7 Å². The minimum Gasteiger partial charge on any atom is -0.312 e. The number of aryl methyl sites for hydroxylation is 1. The van der Waals surface area contributed by atoms with Gasteiger partial charge < -0.3 is 10.2 Å². The van der Waals surface area contributed by atoms with Gasteiger partial charge in [-0.2, -0.15) is 5.10 Å². The molecule has 5 nitrogen and oxygen atoms in total. The van der Waals surface area contributed by atoms with Gasteiger partial charge in [-0.1, -0.05) is 26.0 Å². The van der Waals surface area contributed by atoms with Gasteiger partial charge in [0.15, 0.2) is 0 Å². The minimum absolute atomic E-state index is 0.235. The summed E-state index contributed by atoms with van der Waals surface area (Å²) in [5.41, 5.74) is 4.65. The highest BCUT2D eigenvalue weighted by atomic mass is 16.2. The van der Waals surface area contributed by atoms with Gasteiger partial charge in [0.1, 0.15) is 0 Å². The van der Waals surface area contributed by atoms with Crippen LogP contribution in [0.1, 0.15) is 49.4 Å². The van der Waals surface area contributed by atoms with Crippen LogP contribution in [0, 0.1) is 0 Å². The molecule has 1 saturated heterocycles. The number of carbonyl (C=O) groups is 1. The van der Waals surface area contributed by atoms with Gasteiger partial charge in [0.05, 0.1) is 5.69 Å². The van der Waals surface area contributed by atoms with E-state index in [4.69, 9.17) is 0 Å². The Bertz CT molecular complexity index is 703. The van der Waals surface area contributed by atoms with Crippen molar-refractivity contribution in [2.75, 3.05) is 11.4 Å². The molecular formula is C19H26N4O. The predicted octanol–water partition coefficient (Wildman–Crippen LogP) is 2.96. The average Bonchev–Trinajstić information content (AvgIpc) is 3.14. The first-order chi connectivity index (χ1) is 11.5. The number of anilines is 1. The molecule has 128 valence electrons. The summed E-state index contributed by atoms with van der Waals surface area (Å²) < 4.78 is 1.88. The topological polar surface area (TPSA) is 50.2 Å². The summed E-state index contributed by atoms with van der Waals surface area (Å²) in [5.74, 6) is 0.666. The van der Waals surface area contributed by atoms with Gasteiger partial charge in [-0.25, -0.2) is 0 Å². The second kappa shape index (κ2) is 7.18. The van der Waals surface area contributed by atoms with Crippen molar-refractivity contribution in [1.29, 1.82) is 0 Å². The highest BCUT2D eigenvalue weighted by Crippen LogP contribution is 2.22. The third-order valence-electron chi connectivity index (χ3n) is 4.45. The smallest absolute Gasteiger partial charge is 0.227 e. The molecule has 24 heavy (non-hydrogen) atoms. The van der Waals surface area contributed by atoms with Crippen molar-refractivity contribution in [3.63, 3.8) is 0 Å². The molecule has 0 saturated carbocycles. The molecule has 3 rings (SSSR count). The first-order valence-corrected chi connectivity index (χ1v) is 8.67. The normalized spacial score (nSPS) is 14.8. The molecule has 1 N–H and O–H groups in total. The van der Waals surface area contributed by atoms with Crippen molar-refractivity contribution in [3.8, 4) is 0 Å². The van der Waals surface area contributed by atoms with Crippen molar-refractivity contribution < 1.29 is 4.79 Å². The van der Waals surface area contributed by atoms with E-state index in [1.165, 1.54) is 11.1 Å². The van der Waals surface area contributed by atoms with E-state index in [0.717, 1.165) is 37.4 Å². The molecule has 1 amide bonds. The summed E-state index contributed by atoms with van der Waals surface area (Å²) in [6.45, 7) is 6.80. The second-order valence-electron chi connectivity index (χ2n) is 6.79. The first kappa shape index (κ1) is 16.7. The highest BCUT2D eigenvalue weighted by Gasteiger charge is 2.21. The quantitative estimate of drug-likeness (QED) is 0.888. The minimum atomic E-state index is 0.235. The Balaban J connectivity index is 1.56. The van der Waals surface area contributed by atoms with Crippen LogP contribution in [0.2, 0.25) is 0 Å². The van der Waals surface area contributed by atoms with Crippen molar-refractivity contribution in [3.05, 3.63) is 47.3 Å². The first-order valence-electron chi connectivity index (χ1n) is 8.67. The second-order valence-corrected chi connectivity index (χ2v) is 6.79. The Morgan fingerprint density at radius 3 is 2.58 bits per heavy atom. The lowest BCUT2D eigenvalue weighted by atomic mass is 10.1. The summed E-state index contributed by atoms with van der Waals surface area (Å²) in [5, 5.41) is 8.03. The van der Waals surface area contributed by atoms with Crippen molar-refractivity contribution in [2.24, 2.45) is 7.05 Å². The van der Waals surface area contributed by atoms with Gasteiger partial charge in [0.25, 0.3) is 0 Å². The van der Waals surface area contributed by atoms with E-state index in [9.17, 15) is 4.79 Å². The fourth-order valence-corrected chi connectivity index (χ4v) is 3.23. The van der Waals surface area contributed by atoms with E-state index in [-0.39, 0.29) is 5.91 Å². The van der Waals surface area contributed by atoms with Crippen LogP contribution in [0.3, 0.4) is 0 Å². The Kier molecular flexibility index (Phi) is 5.00. The lowest BCUT2D eigenvalue weighted by Gasteiger charge is -2.16. The Hall–Kier alpha value is -2.14. The van der Waals surface area contributed by atoms with Crippen LogP contribution in [0.4, 0.5) is 5.69 Å². The van der Waals surface area contributed by atoms with Gasteiger partial charge in [-0.3, -0.25) is 9.48 Å². The maximum absolute atomic E-state index is 11.8. The third-order valence-corrected chi connectivity index (χ3v) is 4.45. The Morgan fingerprint density at radius 2 is 1.96 bits per heavy atom. The maximum atomic E-state index is 11.8. The molecule has 5 heteroatoms. The van der Waals surface area contributed by atoms with Gasteiger partial charge >= 0.3 is 0 Å². The zero-order chi connectivity index (χ0) is 17.1. The molecule has 0 unspecified atom stereocenters. The molecule has 0 spiro atoms. The van der Waals surface area contributed by atoms with Gasteiger partial charge in [0, 0.05) is 50.6 Å². The van der Waals surface area contributed by atoms with Crippen molar-refractivity contribution >= 4 is 11.6 Å². The molecule has 0 bridgehead atoms. The summed E-state index contributed by atoms with van der Waals surface area (Å²) in [4.78, 5) is 13.7. The summed E-state index contributed by atoms with van der Waals surface area (Å²) in [6, 6.07) is 8.29. The fourth-order valence-electron chi connectivity index (χ4n) is 3.23. The Labute approximate surface area is 143 Å². The molecule has 1 aliphatic heterocycles. The van der Waals surface area contributed by atoms with Crippen LogP contribution in [0.25, 0.3) is 0 Å². The molecule has 1 fully saturated rings. The fraction of sp³-hybridized carbons (Fsp3) is 0.474. The number of carbonyl (C=O) groups excluding carboxylic acids is 1. The van der Waals surface area contributed by atoms with Gasteiger partial charge in [-0.05, 0) is 30.0 Å². The number of amides is 1.